The second-order valence-corrected chi connectivity index (χ2v) is 29.0. The third kappa shape index (κ3) is 15.6. The summed E-state index contributed by atoms with van der Waals surface area (Å²) in [6, 6.07) is -0.815. The summed E-state index contributed by atoms with van der Waals surface area (Å²) < 4.78 is 18.2. The van der Waals surface area contributed by atoms with Gasteiger partial charge in [-0.05, 0) is 70.4 Å². The first-order chi connectivity index (χ1) is 19.0. The molecule has 248 valence electrons. The van der Waals surface area contributed by atoms with Gasteiger partial charge in [-0.25, -0.2) is 0 Å². The highest BCUT2D eigenvalue weighted by Crippen LogP contribution is 2.41. The second kappa shape index (κ2) is 19.4. The van der Waals surface area contributed by atoms with Gasteiger partial charge in [0.2, 0.25) is 13.6 Å². The minimum atomic E-state index is -1.96. The number of esters is 2. The molecule has 42 heavy (non-hydrogen) atoms. The summed E-state index contributed by atoms with van der Waals surface area (Å²) >= 11 is 5.69. The molecule has 0 aliphatic rings. The Morgan fingerprint density at radius 2 is 1.17 bits per heavy atom. The van der Waals surface area contributed by atoms with E-state index in [2.05, 4.69) is 43.8 Å². The molecule has 5 atom stereocenters. The largest absolute Gasteiger partial charge is 0.519 e. The van der Waals surface area contributed by atoms with Crippen LogP contribution in [0.3, 0.4) is 0 Å². The second-order valence-electron chi connectivity index (χ2n) is 14.0. The van der Waals surface area contributed by atoms with Crippen molar-refractivity contribution in [3.8, 4) is 0 Å². The topological polar surface area (TPSA) is 99.2 Å². The minimum Gasteiger partial charge on any atom is -0.519 e. The van der Waals surface area contributed by atoms with E-state index in [0.29, 0.717) is 19.6 Å². The van der Waals surface area contributed by atoms with Gasteiger partial charge < -0.3 is 13.9 Å². The molecule has 0 aromatic carbocycles. The number of hydrogen-bond donors (Lipinski definition) is 0. The zero-order valence-corrected chi connectivity index (χ0v) is 33.1. The van der Waals surface area contributed by atoms with Crippen molar-refractivity contribution in [1.82, 2.24) is 4.57 Å². The van der Waals surface area contributed by atoms with E-state index in [1.165, 1.54) is 0 Å². The molecular formula is C30H62ClNO7Si3. The van der Waals surface area contributed by atoms with E-state index in [0.717, 1.165) is 19.3 Å². The Labute approximate surface area is 265 Å². The van der Waals surface area contributed by atoms with Crippen LogP contribution in [0.2, 0.25) is 64.5 Å². The van der Waals surface area contributed by atoms with Gasteiger partial charge in [-0.3, -0.25) is 23.7 Å². The molecule has 0 aromatic heterocycles. The van der Waals surface area contributed by atoms with Crippen LogP contribution in [-0.2, 0) is 33.1 Å². The third-order valence-corrected chi connectivity index (χ3v) is 13.2. The van der Waals surface area contributed by atoms with E-state index >= 15 is 0 Å². The van der Waals surface area contributed by atoms with Gasteiger partial charge in [0.1, 0.15) is 14.3 Å². The summed E-state index contributed by atoms with van der Waals surface area (Å²) in [6.07, 6.45) is 3.20. The van der Waals surface area contributed by atoms with Gasteiger partial charge in [-0.1, -0.05) is 72.9 Å². The van der Waals surface area contributed by atoms with Gasteiger partial charge in [0.05, 0.1) is 25.2 Å². The molecule has 0 saturated carbocycles. The molecule has 0 spiro atoms. The monoisotopic (exact) mass is 667 g/mol. The first kappa shape index (κ1) is 43.1. The molecular weight excluding hydrogens is 606 g/mol. The molecule has 12 heteroatoms. The smallest absolute Gasteiger partial charge is 0.322 e. The van der Waals surface area contributed by atoms with Gasteiger partial charge >= 0.3 is 17.9 Å². The van der Waals surface area contributed by atoms with Crippen LogP contribution in [-0.4, -0.2) is 77.6 Å². The molecule has 0 aliphatic heterocycles. The lowest BCUT2D eigenvalue weighted by Crippen LogP contribution is -2.61. The fraction of sp³-hybridized carbons (Fsp3) is 0.867. The van der Waals surface area contributed by atoms with Crippen LogP contribution in [0.15, 0.2) is 0 Å². The molecule has 0 bridgehead atoms. The van der Waals surface area contributed by atoms with Gasteiger partial charge in [0, 0.05) is 14.0 Å². The summed E-state index contributed by atoms with van der Waals surface area (Å²) in [6.45, 7) is 31.1. The van der Waals surface area contributed by atoms with Crippen LogP contribution in [0.25, 0.3) is 0 Å². The van der Waals surface area contributed by atoms with Gasteiger partial charge in [-0.15, -0.1) is 0 Å². The van der Waals surface area contributed by atoms with Gasteiger partial charge in [0.25, 0.3) is 0 Å². The Morgan fingerprint density at radius 1 is 0.714 bits per heavy atom. The number of ether oxygens (including phenoxy) is 2. The summed E-state index contributed by atoms with van der Waals surface area (Å²) in [4.78, 5) is 48.8. The Hall–Kier alpha value is -1.02. The number of halogens is 1. The maximum atomic E-state index is 12.6. The molecule has 0 saturated heterocycles. The van der Waals surface area contributed by atoms with Crippen molar-refractivity contribution in [2.75, 3.05) is 13.2 Å². The maximum Gasteiger partial charge on any atom is 0.322 e. The number of nitrogens with zero attached hydrogens (tertiary/aromatic N) is 1. The number of rotatable bonds is 17. The average Bonchev–Trinajstić information content (AvgIpc) is 2.81. The summed E-state index contributed by atoms with van der Waals surface area (Å²) in [5.74, 6) is -1.15. The van der Waals surface area contributed by atoms with E-state index in [-0.39, 0.29) is 46.6 Å². The van der Waals surface area contributed by atoms with Crippen LogP contribution >= 0.6 is 11.6 Å². The first-order valence-corrected chi connectivity index (χ1v) is 26.4. The molecule has 0 aromatic rings. The lowest BCUT2D eigenvalue weighted by atomic mass is 9.91. The molecule has 0 rings (SSSR count). The Balaban J connectivity index is 0. The molecule has 5 unspecified atom stereocenters. The summed E-state index contributed by atoms with van der Waals surface area (Å²) in [7, 11) is -5.60. The van der Waals surface area contributed by atoms with Crippen molar-refractivity contribution in [2.45, 2.75) is 144 Å². The van der Waals surface area contributed by atoms with Crippen LogP contribution < -0.4 is 0 Å². The molecule has 0 N–H and O–H groups in total. The van der Waals surface area contributed by atoms with E-state index in [1.807, 2.05) is 54.3 Å². The molecule has 0 aliphatic carbocycles. The highest BCUT2D eigenvalue weighted by atomic mass is 35.5. The Kier molecular flexibility index (Phi) is 19.9. The minimum absolute atomic E-state index is 0.0245. The van der Waals surface area contributed by atoms with Crippen LogP contribution in [0, 0.1) is 11.8 Å². The fourth-order valence-electron chi connectivity index (χ4n) is 5.55. The van der Waals surface area contributed by atoms with Crippen molar-refractivity contribution < 1.29 is 33.1 Å². The van der Waals surface area contributed by atoms with Gasteiger partial charge in [0.15, 0.2) is 0 Å². The van der Waals surface area contributed by atoms with Crippen molar-refractivity contribution in [3.63, 3.8) is 0 Å². The number of carbonyl (C=O) groups excluding carboxylic acids is 4. The Bertz CT molecular complexity index is 853. The SMILES string of the molecule is CCCC(C(=O)OCC)C(C(C)C(=O)Cl)[Si](C)(C)C.CCCC(C(=O)OCC)N(C(C)C(=O)O[Si](C)(C)C)[Si](C)(C)C. The zero-order chi connectivity index (χ0) is 33.6. The molecule has 0 heterocycles. The predicted octanol–water partition coefficient (Wildman–Crippen LogP) is 7.70. The molecule has 0 amide bonds. The lowest BCUT2D eigenvalue weighted by molar-refractivity contribution is -0.151. The summed E-state index contributed by atoms with van der Waals surface area (Å²) in [5, 5.41) is -0.349. The molecule has 0 radical (unpaired) electrons. The third-order valence-electron chi connectivity index (χ3n) is 6.92. The normalized spacial score (nSPS) is 15.8. The maximum absolute atomic E-state index is 12.6. The quantitative estimate of drug-likeness (QED) is 0.0884. The van der Waals surface area contributed by atoms with E-state index in [4.69, 9.17) is 25.5 Å². The highest BCUT2D eigenvalue weighted by molar-refractivity contribution is 6.79. The Morgan fingerprint density at radius 3 is 1.50 bits per heavy atom. The summed E-state index contributed by atoms with van der Waals surface area (Å²) in [5.41, 5.74) is 0.0245. The average molecular weight is 669 g/mol. The van der Waals surface area contributed by atoms with Crippen molar-refractivity contribution in [3.05, 3.63) is 0 Å². The van der Waals surface area contributed by atoms with Crippen molar-refractivity contribution in [2.24, 2.45) is 11.8 Å². The predicted molar refractivity (Wildman–Crippen MR) is 182 cm³/mol. The van der Waals surface area contributed by atoms with Crippen LogP contribution in [0.4, 0.5) is 0 Å². The van der Waals surface area contributed by atoms with Crippen LogP contribution in [0.5, 0.6) is 0 Å². The van der Waals surface area contributed by atoms with Crippen LogP contribution in [0.1, 0.15) is 67.2 Å². The van der Waals surface area contributed by atoms with E-state index in [1.54, 1.807) is 6.92 Å². The standard InChI is InChI=1S/C16H35NO4Si2.C14H27ClO3Si/c1-10-12-14(16(19)20-11-2)17(22(4,5)6)13(3)15(18)21-23(7,8)9;1-7-9-11(14(17)18-8-2)12(19(4,5)6)10(3)13(15)16/h13-14H,10-12H2,1-9H3;10-12H,7-9H2,1-6H3. The van der Waals surface area contributed by atoms with Crippen molar-refractivity contribution in [1.29, 1.82) is 0 Å². The molecule has 0 fully saturated rings. The number of carbonyl (C=O) groups is 4. The van der Waals surface area contributed by atoms with Gasteiger partial charge in [-0.2, -0.15) is 0 Å². The van der Waals surface area contributed by atoms with E-state index in [9.17, 15) is 19.2 Å². The van der Waals surface area contributed by atoms with E-state index < -0.39 is 30.7 Å². The zero-order valence-electron chi connectivity index (χ0n) is 29.3. The fourth-order valence-corrected chi connectivity index (χ4v) is 12.2. The molecule has 8 nitrogen and oxygen atoms in total. The lowest BCUT2D eigenvalue weighted by Gasteiger charge is -2.43. The highest BCUT2D eigenvalue weighted by Gasteiger charge is 2.44. The number of hydrogen-bond acceptors (Lipinski definition) is 8. The first-order valence-electron chi connectivity index (χ1n) is 15.5. The van der Waals surface area contributed by atoms with Crippen molar-refractivity contribution >= 4 is 59.4 Å².